The van der Waals surface area contributed by atoms with Crippen LogP contribution in [0.3, 0.4) is 0 Å². The van der Waals surface area contributed by atoms with Gasteiger partial charge in [0.15, 0.2) is 12.1 Å². The molecular formula is C14H19NO5. The number of ether oxygens (including phenoxy) is 4. The number of oxime groups is 1. The van der Waals surface area contributed by atoms with E-state index in [1.165, 1.54) is 0 Å². The van der Waals surface area contributed by atoms with E-state index in [0.717, 1.165) is 25.0 Å². The SMILES string of the molecule is CC1(C)O[C@H]2O[C@@H]3C4=NO[C@H]5CCC[C@@H](O[C@@H]3[C@H]2O1)[C@@H]45. The van der Waals surface area contributed by atoms with Crippen LogP contribution in [0.1, 0.15) is 33.1 Å². The first kappa shape index (κ1) is 11.9. The van der Waals surface area contributed by atoms with Gasteiger partial charge in [-0.05, 0) is 33.1 Å². The Morgan fingerprint density at radius 2 is 1.90 bits per heavy atom. The highest BCUT2D eigenvalue weighted by Crippen LogP contribution is 2.47. The summed E-state index contributed by atoms with van der Waals surface area (Å²) in [7, 11) is 0. The molecule has 7 atom stereocenters. The molecular weight excluding hydrogens is 262 g/mol. The fourth-order valence-corrected chi connectivity index (χ4v) is 4.27. The second-order valence-corrected chi connectivity index (χ2v) is 6.78. The molecule has 0 bridgehead atoms. The van der Waals surface area contributed by atoms with Crippen molar-refractivity contribution in [2.45, 2.75) is 75.7 Å². The number of fused-ring (bicyclic) bond motifs is 4. The van der Waals surface area contributed by atoms with Crippen molar-refractivity contribution in [1.82, 2.24) is 0 Å². The minimum Gasteiger partial charge on any atom is -0.392 e. The maximum absolute atomic E-state index is 6.31. The number of hydrogen-bond donors (Lipinski definition) is 0. The second kappa shape index (κ2) is 3.74. The number of hydrogen-bond acceptors (Lipinski definition) is 6. The van der Waals surface area contributed by atoms with Gasteiger partial charge in [0.2, 0.25) is 0 Å². The van der Waals surface area contributed by atoms with Crippen molar-refractivity contribution in [1.29, 1.82) is 0 Å². The average molecular weight is 281 g/mol. The van der Waals surface area contributed by atoms with Gasteiger partial charge in [-0.3, -0.25) is 0 Å². The molecule has 5 rings (SSSR count). The lowest BCUT2D eigenvalue weighted by molar-refractivity contribution is -0.220. The van der Waals surface area contributed by atoms with Gasteiger partial charge in [-0.15, -0.1) is 0 Å². The predicted octanol–water partition coefficient (Wildman–Crippen LogP) is 1.19. The molecule has 6 nitrogen and oxygen atoms in total. The Labute approximate surface area is 117 Å². The summed E-state index contributed by atoms with van der Waals surface area (Å²) in [6.07, 6.45) is 2.78. The Kier molecular flexibility index (Phi) is 2.23. The second-order valence-electron chi connectivity index (χ2n) is 6.78. The molecule has 0 aromatic rings. The number of rotatable bonds is 0. The highest BCUT2D eigenvalue weighted by atomic mass is 16.8. The van der Waals surface area contributed by atoms with Gasteiger partial charge >= 0.3 is 0 Å². The Bertz CT molecular complexity index is 478. The molecule has 0 amide bonds. The molecule has 110 valence electrons. The molecule has 3 saturated heterocycles. The van der Waals surface area contributed by atoms with Crippen LogP contribution >= 0.6 is 0 Å². The molecule has 0 unspecified atom stereocenters. The first-order chi connectivity index (χ1) is 9.62. The molecule has 4 fully saturated rings. The molecule has 1 aliphatic carbocycles. The van der Waals surface area contributed by atoms with Crippen LogP contribution in [0.15, 0.2) is 5.16 Å². The van der Waals surface area contributed by atoms with E-state index in [1.54, 1.807) is 0 Å². The van der Waals surface area contributed by atoms with E-state index in [0.29, 0.717) is 0 Å². The summed E-state index contributed by atoms with van der Waals surface area (Å²) in [5, 5.41) is 4.31. The lowest BCUT2D eigenvalue weighted by Crippen LogP contribution is -2.55. The normalized spacial score (nSPS) is 54.7. The zero-order chi connectivity index (χ0) is 13.5. The maximum atomic E-state index is 6.31. The maximum Gasteiger partial charge on any atom is 0.190 e. The van der Waals surface area contributed by atoms with E-state index >= 15 is 0 Å². The van der Waals surface area contributed by atoms with Crippen LogP contribution in [0.2, 0.25) is 0 Å². The van der Waals surface area contributed by atoms with Gasteiger partial charge in [0, 0.05) is 0 Å². The zero-order valence-corrected chi connectivity index (χ0v) is 11.7. The van der Waals surface area contributed by atoms with E-state index in [-0.39, 0.29) is 42.7 Å². The van der Waals surface area contributed by atoms with Crippen LogP contribution in [-0.4, -0.2) is 48.3 Å². The van der Waals surface area contributed by atoms with Crippen molar-refractivity contribution in [2.75, 3.05) is 0 Å². The smallest absolute Gasteiger partial charge is 0.190 e. The lowest BCUT2D eigenvalue weighted by Gasteiger charge is -2.41. The van der Waals surface area contributed by atoms with Crippen LogP contribution in [0.5, 0.6) is 0 Å². The Morgan fingerprint density at radius 1 is 1.05 bits per heavy atom. The van der Waals surface area contributed by atoms with E-state index in [9.17, 15) is 0 Å². The summed E-state index contributed by atoms with van der Waals surface area (Å²) in [6.45, 7) is 3.81. The summed E-state index contributed by atoms with van der Waals surface area (Å²) >= 11 is 0. The monoisotopic (exact) mass is 281 g/mol. The fraction of sp³-hybridized carbons (Fsp3) is 0.929. The van der Waals surface area contributed by atoms with Crippen molar-refractivity contribution in [3.63, 3.8) is 0 Å². The van der Waals surface area contributed by atoms with E-state index in [4.69, 9.17) is 23.8 Å². The van der Waals surface area contributed by atoms with E-state index < -0.39 is 5.79 Å². The third-order valence-electron chi connectivity index (χ3n) is 5.03. The lowest BCUT2D eigenvalue weighted by atomic mass is 9.77. The largest absolute Gasteiger partial charge is 0.392 e. The van der Waals surface area contributed by atoms with Crippen LogP contribution < -0.4 is 0 Å². The Balaban J connectivity index is 1.48. The van der Waals surface area contributed by atoms with Gasteiger partial charge in [-0.2, -0.15) is 0 Å². The van der Waals surface area contributed by atoms with Crippen molar-refractivity contribution in [2.24, 2.45) is 11.1 Å². The molecule has 0 aromatic heterocycles. The van der Waals surface area contributed by atoms with Crippen LogP contribution in [0, 0.1) is 5.92 Å². The Hall–Kier alpha value is -0.690. The standard InChI is InChI=1S/C14H19NO5/c1-14(2)18-12-11-10(17-13(12)19-14)9-8-6(16-11)4-3-5-7(8)20-15-9/h6-8,10-13H,3-5H2,1-2H3/t6-,7+,8-,10-,11+,12-,13-/m1/s1. The highest BCUT2D eigenvalue weighted by Gasteiger charge is 2.63. The van der Waals surface area contributed by atoms with Crippen molar-refractivity contribution in [3.8, 4) is 0 Å². The first-order valence-electron chi connectivity index (χ1n) is 7.52. The molecule has 5 aliphatic rings. The fourth-order valence-electron chi connectivity index (χ4n) is 4.27. The first-order valence-corrected chi connectivity index (χ1v) is 7.52. The van der Waals surface area contributed by atoms with Crippen LogP contribution in [0.4, 0.5) is 0 Å². The third kappa shape index (κ3) is 1.45. The van der Waals surface area contributed by atoms with Gasteiger partial charge < -0.3 is 23.8 Å². The molecule has 4 aliphatic heterocycles. The van der Waals surface area contributed by atoms with Crippen LogP contribution in [-0.2, 0) is 23.8 Å². The van der Waals surface area contributed by atoms with Gasteiger partial charge in [0.25, 0.3) is 0 Å². The van der Waals surface area contributed by atoms with Gasteiger partial charge in [-0.1, -0.05) is 5.16 Å². The average Bonchev–Trinajstić information content (AvgIpc) is 3.02. The summed E-state index contributed by atoms with van der Waals surface area (Å²) in [5.74, 6) is -0.347. The van der Waals surface area contributed by atoms with Gasteiger partial charge in [-0.25, -0.2) is 0 Å². The summed E-state index contributed by atoms with van der Waals surface area (Å²) in [6, 6.07) is 0. The Morgan fingerprint density at radius 3 is 2.80 bits per heavy atom. The van der Waals surface area contributed by atoms with E-state index in [1.807, 2.05) is 13.8 Å². The van der Waals surface area contributed by atoms with Crippen molar-refractivity contribution >= 4 is 5.71 Å². The zero-order valence-electron chi connectivity index (χ0n) is 11.7. The topological polar surface area (TPSA) is 58.5 Å². The molecule has 0 aromatic carbocycles. The highest BCUT2D eigenvalue weighted by molar-refractivity contribution is 5.94. The van der Waals surface area contributed by atoms with Gasteiger partial charge in [0.1, 0.15) is 24.4 Å². The quantitative estimate of drug-likeness (QED) is 0.667. The third-order valence-corrected chi connectivity index (χ3v) is 5.03. The molecule has 4 heterocycles. The predicted molar refractivity (Wildman–Crippen MR) is 67.0 cm³/mol. The minimum absolute atomic E-state index is 0.123. The van der Waals surface area contributed by atoms with Crippen molar-refractivity contribution < 1.29 is 23.8 Å². The summed E-state index contributed by atoms with van der Waals surface area (Å²) in [5.41, 5.74) is 1.01. The molecule has 6 heteroatoms. The minimum atomic E-state index is -0.608. The summed E-state index contributed by atoms with van der Waals surface area (Å²) < 4.78 is 24.1. The summed E-state index contributed by atoms with van der Waals surface area (Å²) in [4.78, 5) is 5.59. The molecule has 20 heavy (non-hydrogen) atoms. The molecule has 0 N–H and O–H groups in total. The van der Waals surface area contributed by atoms with Crippen LogP contribution in [0.25, 0.3) is 0 Å². The van der Waals surface area contributed by atoms with Crippen molar-refractivity contribution in [3.05, 3.63) is 0 Å². The van der Waals surface area contributed by atoms with Gasteiger partial charge in [0.05, 0.1) is 17.7 Å². The van der Waals surface area contributed by atoms with E-state index in [2.05, 4.69) is 5.16 Å². The molecule has 0 radical (unpaired) electrons. The number of nitrogens with zero attached hydrogens (tertiary/aromatic N) is 1. The molecule has 0 spiro atoms. The molecule has 1 saturated carbocycles.